The van der Waals surface area contributed by atoms with Crippen LogP contribution in [0.2, 0.25) is 0 Å². The number of aromatic hydroxyl groups is 1. The fourth-order valence-corrected chi connectivity index (χ4v) is 7.75. The van der Waals surface area contributed by atoms with Gasteiger partial charge in [-0.05, 0) is 54.0 Å². The van der Waals surface area contributed by atoms with Gasteiger partial charge in [0.1, 0.15) is 22.8 Å². The van der Waals surface area contributed by atoms with Gasteiger partial charge in [-0.2, -0.15) is 0 Å². The van der Waals surface area contributed by atoms with Crippen LogP contribution >= 0.6 is 0 Å². The summed E-state index contributed by atoms with van der Waals surface area (Å²) in [6.07, 6.45) is 0.179. The second kappa shape index (κ2) is 10.2. The minimum atomic E-state index is -2.73. The van der Waals surface area contributed by atoms with Crippen molar-refractivity contribution in [2.45, 2.75) is 46.1 Å². The summed E-state index contributed by atoms with van der Waals surface area (Å²) in [6.45, 7) is 6.37. The highest BCUT2D eigenvalue weighted by Crippen LogP contribution is 2.62. The van der Waals surface area contributed by atoms with Gasteiger partial charge in [0.05, 0.1) is 5.56 Å². The summed E-state index contributed by atoms with van der Waals surface area (Å²) < 4.78 is 0. The van der Waals surface area contributed by atoms with Crippen LogP contribution in [0.5, 0.6) is 5.75 Å². The average Bonchev–Trinajstić information content (AvgIpc) is 2.90. The van der Waals surface area contributed by atoms with E-state index >= 15 is 0 Å². The lowest BCUT2D eigenvalue weighted by atomic mass is 9.46. The molecule has 5 rings (SSSR count). The number of hydrogen-bond acceptors (Lipinski definition) is 9. The van der Waals surface area contributed by atoms with E-state index in [-0.39, 0.29) is 35.6 Å². The number of phenols is 1. The third-order valence-electron chi connectivity index (χ3n) is 9.49. The molecule has 11 nitrogen and oxygen atoms in total. The van der Waals surface area contributed by atoms with Crippen LogP contribution in [-0.4, -0.2) is 63.5 Å². The number of nitrogens with two attached hydrogens (primary N) is 1. The van der Waals surface area contributed by atoms with Crippen molar-refractivity contribution < 1.29 is 39.6 Å². The zero-order valence-electron chi connectivity index (χ0n) is 25.5. The molecule has 2 aromatic carbocycles. The van der Waals surface area contributed by atoms with Gasteiger partial charge in [0.2, 0.25) is 11.7 Å². The molecule has 2 amide bonds. The van der Waals surface area contributed by atoms with Crippen molar-refractivity contribution in [2.24, 2.45) is 28.9 Å². The lowest BCUT2D eigenvalue weighted by Gasteiger charge is -2.57. The van der Waals surface area contributed by atoms with Crippen molar-refractivity contribution in [1.82, 2.24) is 0 Å². The standard InChI is InChI=1S/C33H37N3O8/c1-14(2)25-28(40)24(31(34)43)30(42)33(44)29(41)22-17(13-32(25,33)4)11-20-21(36(5)6)12-19(26(38)23(20)27(22)39)16-8-7-9-18(10-16)35-15(3)37/h7-10,12,14,17,25,38-39,42,44H,11,13H2,1-6H3,(H2,34,43)(H,35,37)/t17-,25+,32-,33-/m0/s1. The van der Waals surface area contributed by atoms with Crippen molar-refractivity contribution in [2.75, 3.05) is 24.3 Å². The summed E-state index contributed by atoms with van der Waals surface area (Å²) in [4.78, 5) is 53.7. The minimum Gasteiger partial charge on any atom is -0.508 e. The maximum Gasteiger partial charge on any atom is 0.255 e. The average molecular weight is 604 g/mol. The second-order valence-corrected chi connectivity index (χ2v) is 12.8. The van der Waals surface area contributed by atoms with E-state index in [9.17, 15) is 39.6 Å². The minimum absolute atomic E-state index is 0.00572. The van der Waals surface area contributed by atoms with Crippen LogP contribution in [-0.2, 0) is 25.6 Å². The highest BCUT2D eigenvalue weighted by molar-refractivity contribution is 6.24. The number of carbonyl (C=O) groups excluding carboxylic acids is 4. The van der Waals surface area contributed by atoms with Crippen LogP contribution in [0.3, 0.4) is 0 Å². The van der Waals surface area contributed by atoms with E-state index in [0.717, 1.165) is 0 Å². The van der Waals surface area contributed by atoms with E-state index in [0.29, 0.717) is 28.1 Å². The highest BCUT2D eigenvalue weighted by atomic mass is 16.3. The van der Waals surface area contributed by atoms with Crippen molar-refractivity contribution in [1.29, 1.82) is 0 Å². The molecular formula is C33H37N3O8. The number of phenolic OH excluding ortho intramolecular Hbond substituents is 1. The number of anilines is 2. The van der Waals surface area contributed by atoms with Gasteiger partial charge in [-0.1, -0.05) is 32.9 Å². The predicted octanol–water partition coefficient (Wildman–Crippen LogP) is 3.39. The number of rotatable bonds is 5. The lowest BCUT2D eigenvalue weighted by Crippen LogP contribution is -2.68. The Morgan fingerprint density at radius 1 is 1.11 bits per heavy atom. The third kappa shape index (κ3) is 4.13. The largest absolute Gasteiger partial charge is 0.508 e. The maximum absolute atomic E-state index is 14.4. The van der Waals surface area contributed by atoms with Crippen molar-refractivity contribution in [3.05, 3.63) is 58.4 Å². The Labute approximate surface area is 254 Å². The van der Waals surface area contributed by atoms with Gasteiger partial charge in [-0.3, -0.25) is 19.2 Å². The molecule has 0 heterocycles. The Hall–Kier alpha value is -4.64. The zero-order valence-corrected chi connectivity index (χ0v) is 25.5. The first-order chi connectivity index (χ1) is 20.5. The number of nitrogens with one attached hydrogen (secondary N) is 1. The number of primary amides is 1. The van der Waals surface area contributed by atoms with Crippen molar-refractivity contribution in [3.8, 4) is 16.9 Å². The second-order valence-electron chi connectivity index (χ2n) is 12.8. The number of hydrogen-bond donors (Lipinski definition) is 6. The topological polar surface area (TPSA) is 190 Å². The van der Waals surface area contributed by atoms with E-state index < -0.39 is 63.3 Å². The summed E-state index contributed by atoms with van der Waals surface area (Å²) in [7, 11) is 3.60. The molecule has 44 heavy (non-hydrogen) atoms. The van der Waals surface area contributed by atoms with E-state index in [1.807, 2.05) is 4.90 Å². The van der Waals surface area contributed by atoms with Crippen LogP contribution < -0.4 is 16.0 Å². The van der Waals surface area contributed by atoms with E-state index in [1.54, 1.807) is 65.2 Å². The fourth-order valence-electron chi connectivity index (χ4n) is 7.75. The first kappa shape index (κ1) is 30.8. The highest BCUT2D eigenvalue weighted by Gasteiger charge is 2.70. The Balaban J connectivity index is 1.78. The molecule has 3 aliphatic carbocycles. The van der Waals surface area contributed by atoms with Gasteiger partial charge < -0.3 is 36.4 Å². The summed E-state index contributed by atoms with van der Waals surface area (Å²) in [6, 6.07) is 8.54. The molecule has 2 aromatic rings. The van der Waals surface area contributed by atoms with Gasteiger partial charge in [0.15, 0.2) is 11.4 Å². The Bertz CT molecular complexity index is 1720. The number of benzene rings is 2. The van der Waals surface area contributed by atoms with E-state index in [1.165, 1.54) is 6.92 Å². The number of aliphatic hydroxyl groups excluding tert-OH is 2. The Kier molecular flexibility index (Phi) is 7.16. The number of amides is 2. The molecule has 1 saturated carbocycles. The normalized spacial score (nSPS) is 26.3. The molecule has 0 bridgehead atoms. The van der Waals surface area contributed by atoms with Crippen molar-refractivity contribution in [3.63, 3.8) is 0 Å². The lowest BCUT2D eigenvalue weighted by molar-refractivity contribution is -0.174. The molecule has 0 radical (unpaired) electrons. The predicted molar refractivity (Wildman–Crippen MR) is 164 cm³/mol. The molecule has 0 saturated heterocycles. The maximum atomic E-state index is 14.4. The summed E-state index contributed by atoms with van der Waals surface area (Å²) in [5, 5.41) is 49.5. The molecular weight excluding hydrogens is 566 g/mol. The molecule has 7 N–H and O–H groups in total. The molecule has 0 aromatic heterocycles. The number of carbonyl (C=O) groups is 4. The van der Waals surface area contributed by atoms with Gasteiger partial charge >= 0.3 is 0 Å². The monoisotopic (exact) mass is 603 g/mol. The van der Waals surface area contributed by atoms with Gasteiger partial charge in [-0.25, -0.2) is 0 Å². The fraction of sp³-hybridized carbons (Fsp3) is 0.394. The Morgan fingerprint density at radius 2 is 1.77 bits per heavy atom. The molecule has 0 aliphatic heterocycles. The number of nitrogens with zero attached hydrogens (tertiary/aromatic N) is 1. The first-order valence-corrected chi connectivity index (χ1v) is 14.4. The van der Waals surface area contributed by atoms with E-state index in [2.05, 4.69) is 5.32 Å². The van der Waals surface area contributed by atoms with Gasteiger partial charge in [0, 0.05) is 54.9 Å². The van der Waals surface area contributed by atoms with Crippen LogP contribution in [0.4, 0.5) is 11.4 Å². The molecule has 0 spiro atoms. The molecule has 232 valence electrons. The van der Waals surface area contributed by atoms with Crippen LogP contribution in [0.25, 0.3) is 16.9 Å². The summed E-state index contributed by atoms with van der Waals surface area (Å²) in [5.74, 6) is -7.53. The van der Waals surface area contributed by atoms with Gasteiger partial charge in [0.25, 0.3) is 5.91 Å². The van der Waals surface area contributed by atoms with E-state index in [4.69, 9.17) is 5.73 Å². The molecule has 3 aliphatic rings. The third-order valence-corrected chi connectivity index (χ3v) is 9.49. The number of Topliss-reactive ketones (excluding diaryl/α,β-unsaturated/α-hetero) is 2. The number of fused-ring (bicyclic) bond motifs is 3. The van der Waals surface area contributed by atoms with Crippen LogP contribution in [0, 0.1) is 23.2 Å². The molecule has 0 unspecified atom stereocenters. The van der Waals surface area contributed by atoms with Crippen LogP contribution in [0.15, 0.2) is 47.2 Å². The molecule has 4 atom stereocenters. The number of aliphatic hydroxyl groups is 3. The summed E-state index contributed by atoms with van der Waals surface area (Å²) in [5.41, 5.74) is 2.67. The van der Waals surface area contributed by atoms with Crippen molar-refractivity contribution >= 4 is 40.5 Å². The number of ketones is 2. The summed E-state index contributed by atoms with van der Waals surface area (Å²) >= 11 is 0. The Morgan fingerprint density at radius 3 is 2.34 bits per heavy atom. The van der Waals surface area contributed by atoms with Gasteiger partial charge in [-0.15, -0.1) is 0 Å². The van der Waals surface area contributed by atoms with Crippen LogP contribution in [0.1, 0.15) is 45.2 Å². The first-order valence-electron chi connectivity index (χ1n) is 14.4. The molecule has 1 fully saturated rings. The quantitative estimate of drug-likeness (QED) is 0.278. The smallest absolute Gasteiger partial charge is 0.255 e. The molecule has 11 heteroatoms. The SMILES string of the molecule is CC(=O)Nc1cccc(-c2cc(N(C)C)c3c(c2O)C(O)=C2C(=O)[C@]4(O)C(O)=C(C(N)=O)C(=O)[C@@H](C(C)C)[C@]4(C)C[C@@H]2C3)c1. The zero-order chi connectivity index (χ0) is 32.6.